The number of aromatic hydroxyl groups is 1. The molecule has 1 amide bonds. The average Bonchev–Trinajstić information content (AvgIpc) is 2.29. The van der Waals surface area contributed by atoms with E-state index in [1.54, 1.807) is 36.4 Å². The van der Waals surface area contributed by atoms with E-state index in [0.717, 1.165) is 0 Å². The van der Waals surface area contributed by atoms with Crippen LogP contribution in [0.5, 0.6) is 5.75 Å². The van der Waals surface area contributed by atoms with E-state index in [9.17, 15) is 9.90 Å². The molecule has 0 aliphatic rings. The van der Waals surface area contributed by atoms with E-state index in [1.807, 2.05) is 0 Å². The molecule has 0 saturated carbocycles. The minimum Gasteiger partial charge on any atom is -0.508 e. The maximum absolute atomic E-state index is 11.8. The third-order valence-corrected chi connectivity index (χ3v) is 2.25. The molecule has 0 aliphatic heterocycles. The molecule has 86 valence electrons. The standard InChI is InChI=1S/C13H12N2O2/c14-10-4-1-3-9(7-10)13(17)15-11-5-2-6-12(16)8-11/h1-8,16H,14H2,(H,15,17). The molecule has 2 aromatic rings. The SMILES string of the molecule is Nc1cccc(C(=O)Nc2cccc(O)c2)c1. The molecule has 0 aromatic heterocycles. The van der Waals surface area contributed by atoms with Crippen LogP contribution >= 0.6 is 0 Å². The summed E-state index contributed by atoms with van der Waals surface area (Å²) in [5, 5.41) is 11.9. The Morgan fingerprint density at radius 3 is 2.59 bits per heavy atom. The third-order valence-electron chi connectivity index (χ3n) is 2.25. The Labute approximate surface area is 98.7 Å². The fraction of sp³-hybridized carbons (Fsp3) is 0. The van der Waals surface area contributed by atoms with Gasteiger partial charge in [-0.15, -0.1) is 0 Å². The molecule has 2 aromatic carbocycles. The summed E-state index contributed by atoms with van der Waals surface area (Å²) >= 11 is 0. The summed E-state index contributed by atoms with van der Waals surface area (Å²) in [6.07, 6.45) is 0. The lowest BCUT2D eigenvalue weighted by atomic mass is 10.2. The van der Waals surface area contributed by atoms with Crippen LogP contribution < -0.4 is 11.1 Å². The number of rotatable bonds is 2. The van der Waals surface area contributed by atoms with Gasteiger partial charge in [-0.3, -0.25) is 4.79 Å². The summed E-state index contributed by atoms with van der Waals surface area (Å²) in [6.45, 7) is 0. The van der Waals surface area contributed by atoms with Crippen molar-refractivity contribution in [3.63, 3.8) is 0 Å². The van der Waals surface area contributed by atoms with Crippen molar-refractivity contribution in [2.45, 2.75) is 0 Å². The predicted molar refractivity (Wildman–Crippen MR) is 66.9 cm³/mol. The smallest absolute Gasteiger partial charge is 0.255 e. The van der Waals surface area contributed by atoms with Gasteiger partial charge in [0.05, 0.1) is 0 Å². The van der Waals surface area contributed by atoms with Crippen LogP contribution in [0, 0.1) is 0 Å². The molecule has 0 atom stereocenters. The average molecular weight is 228 g/mol. The molecule has 0 saturated heterocycles. The highest BCUT2D eigenvalue weighted by molar-refractivity contribution is 6.04. The van der Waals surface area contributed by atoms with E-state index in [4.69, 9.17) is 5.73 Å². The summed E-state index contributed by atoms with van der Waals surface area (Å²) in [5.41, 5.74) is 7.15. The number of nitrogens with one attached hydrogen (secondary N) is 1. The zero-order valence-corrected chi connectivity index (χ0v) is 9.05. The first-order valence-corrected chi connectivity index (χ1v) is 5.11. The number of amides is 1. The first-order chi connectivity index (χ1) is 8.15. The second-order valence-corrected chi connectivity index (χ2v) is 3.63. The van der Waals surface area contributed by atoms with Gasteiger partial charge in [-0.25, -0.2) is 0 Å². The minimum absolute atomic E-state index is 0.107. The van der Waals surface area contributed by atoms with Crippen LogP contribution in [0.4, 0.5) is 11.4 Å². The van der Waals surface area contributed by atoms with E-state index in [0.29, 0.717) is 16.9 Å². The van der Waals surface area contributed by atoms with Gasteiger partial charge in [0.2, 0.25) is 0 Å². The van der Waals surface area contributed by atoms with Crippen LogP contribution in [0.15, 0.2) is 48.5 Å². The first kappa shape index (κ1) is 11.0. The van der Waals surface area contributed by atoms with E-state index < -0.39 is 0 Å². The fourth-order valence-corrected chi connectivity index (χ4v) is 1.47. The Kier molecular flexibility index (Phi) is 2.96. The van der Waals surface area contributed by atoms with Gasteiger partial charge in [-0.05, 0) is 30.3 Å². The Balaban J connectivity index is 2.17. The number of nitrogens with two attached hydrogens (primary N) is 1. The van der Waals surface area contributed by atoms with Crippen molar-refractivity contribution in [1.29, 1.82) is 0 Å². The number of hydrogen-bond acceptors (Lipinski definition) is 3. The van der Waals surface area contributed by atoms with E-state index >= 15 is 0 Å². The molecule has 0 heterocycles. The van der Waals surface area contributed by atoms with Gasteiger partial charge in [0.15, 0.2) is 0 Å². The quantitative estimate of drug-likeness (QED) is 0.690. The normalized spacial score (nSPS) is 9.88. The highest BCUT2D eigenvalue weighted by atomic mass is 16.3. The summed E-state index contributed by atoms with van der Waals surface area (Å²) < 4.78 is 0. The van der Waals surface area contributed by atoms with E-state index in [2.05, 4.69) is 5.32 Å². The molecular weight excluding hydrogens is 216 g/mol. The molecule has 4 N–H and O–H groups in total. The summed E-state index contributed by atoms with van der Waals surface area (Å²) in [6, 6.07) is 13.1. The van der Waals surface area contributed by atoms with Crippen LogP contribution in [-0.2, 0) is 0 Å². The third kappa shape index (κ3) is 2.75. The van der Waals surface area contributed by atoms with Crippen molar-refractivity contribution < 1.29 is 9.90 Å². The highest BCUT2D eigenvalue weighted by Crippen LogP contribution is 2.16. The lowest BCUT2D eigenvalue weighted by molar-refractivity contribution is 0.102. The van der Waals surface area contributed by atoms with Crippen LogP contribution in [0.2, 0.25) is 0 Å². The first-order valence-electron chi connectivity index (χ1n) is 5.11. The molecule has 0 aliphatic carbocycles. The van der Waals surface area contributed by atoms with Gasteiger partial charge < -0.3 is 16.2 Å². The van der Waals surface area contributed by atoms with Gasteiger partial charge in [0.25, 0.3) is 5.91 Å². The Bertz CT molecular complexity index is 553. The number of nitrogen functional groups attached to an aromatic ring is 1. The Morgan fingerprint density at radius 1 is 1.12 bits per heavy atom. The molecule has 4 nitrogen and oxygen atoms in total. The lowest BCUT2D eigenvalue weighted by Crippen LogP contribution is -2.11. The van der Waals surface area contributed by atoms with Gasteiger partial charge in [-0.1, -0.05) is 12.1 Å². The maximum Gasteiger partial charge on any atom is 0.255 e. The fourth-order valence-electron chi connectivity index (χ4n) is 1.47. The Morgan fingerprint density at radius 2 is 1.88 bits per heavy atom. The number of anilines is 2. The number of carbonyl (C=O) groups is 1. The monoisotopic (exact) mass is 228 g/mol. The zero-order valence-electron chi connectivity index (χ0n) is 9.05. The Hall–Kier alpha value is -2.49. The van der Waals surface area contributed by atoms with Crippen LogP contribution in [-0.4, -0.2) is 11.0 Å². The van der Waals surface area contributed by atoms with Crippen molar-refractivity contribution in [2.75, 3.05) is 11.1 Å². The largest absolute Gasteiger partial charge is 0.508 e. The number of phenols is 1. The second kappa shape index (κ2) is 4.57. The number of carbonyl (C=O) groups excluding carboxylic acids is 1. The number of hydrogen-bond donors (Lipinski definition) is 3. The second-order valence-electron chi connectivity index (χ2n) is 3.63. The van der Waals surface area contributed by atoms with Crippen molar-refractivity contribution in [1.82, 2.24) is 0 Å². The molecule has 0 fully saturated rings. The van der Waals surface area contributed by atoms with Crippen molar-refractivity contribution in [3.05, 3.63) is 54.1 Å². The molecule has 4 heteroatoms. The molecule has 0 unspecified atom stereocenters. The molecule has 0 bridgehead atoms. The van der Waals surface area contributed by atoms with Gasteiger partial charge >= 0.3 is 0 Å². The van der Waals surface area contributed by atoms with Gasteiger partial charge in [0, 0.05) is 23.0 Å². The lowest BCUT2D eigenvalue weighted by Gasteiger charge is -2.06. The summed E-state index contributed by atoms with van der Waals surface area (Å²) in [7, 11) is 0. The molecule has 0 radical (unpaired) electrons. The predicted octanol–water partition coefficient (Wildman–Crippen LogP) is 2.23. The van der Waals surface area contributed by atoms with Crippen LogP contribution in [0.3, 0.4) is 0 Å². The van der Waals surface area contributed by atoms with Crippen LogP contribution in [0.25, 0.3) is 0 Å². The van der Waals surface area contributed by atoms with Gasteiger partial charge in [-0.2, -0.15) is 0 Å². The van der Waals surface area contributed by atoms with Crippen molar-refractivity contribution in [2.24, 2.45) is 0 Å². The van der Waals surface area contributed by atoms with E-state index in [1.165, 1.54) is 12.1 Å². The number of phenolic OH excluding ortho intramolecular Hbond substituents is 1. The molecule has 0 spiro atoms. The minimum atomic E-state index is -0.261. The highest BCUT2D eigenvalue weighted by Gasteiger charge is 2.06. The maximum atomic E-state index is 11.8. The van der Waals surface area contributed by atoms with Crippen molar-refractivity contribution in [3.8, 4) is 5.75 Å². The molecular formula is C13H12N2O2. The molecule has 2 rings (SSSR count). The topological polar surface area (TPSA) is 75.4 Å². The zero-order chi connectivity index (χ0) is 12.3. The van der Waals surface area contributed by atoms with E-state index in [-0.39, 0.29) is 11.7 Å². The number of benzene rings is 2. The summed E-state index contributed by atoms with van der Waals surface area (Å²) in [4.78, 5) is 11.8. The summed E-state index contributed by atoms with van der Waals surface area (Å²) in [5.74, 6) is -0.154. The van der Waals surface area contributed by atoms with Crippen LogP contribution in [0.1, 0.15) is 10.4 Å². The van der Waals surface area contributed by atoms with Gasteiger partial charge in [0.1, 0.15) is 5.75 Å². The molecule has 17 heavy (non-hydrogen) atoms. The van der Waals surface area contributed by atoms with Crippen molar-refractivity contribution >= 4 is 17.3 Å².